The maximum Gasteiger partial charge on any atom is 0.305 e. The molecule has 0 radical (unpaired) electrons. The monoisotopic (exact) mass is 1720 g/mol. The summed E-state index contributed by atoms with van der Waals surface area (Å²) < 4.78 is 0. The molecule has 1 aliphatic heterocycles. The zero-order valence-electron chi connectivity index (χ0n) is 71.0. The van der Waals surface area contributed by atoms with Crippen LogP contribution in [0.5, 0.6) is 11.5 Å². The molecule has 0 spiro atoms. The molecule has 7 rings (SSSR count). The van der Waals surface area contributed by atoms with Crippen molar-refractivity contribution in [2.24, 2.45) is 17.6 Å². The van der Waals surface area contributed by atoms with E-state index in [4.69, 9.17) is 5.73 Å². The minimum absolute atomic E-state index is 0.0363. The normalized spacial score (nSPS) is 22.4. The number of carboxylic acids is 1. The number of carbonyl (C=O) groups is 16. The van der Waals surface area contributed by atoms with Crippen LogP contribution in [0.3, 0.4) is 0 Å². The van der Waals surface area contributed by atoms with Crippen LogP contribution in [0.1, 0.15) is 101 Å². The first-order chi connectivity index (χ1) is 58.3. The second-order valence-electron chi connectivity index (χ2n) is 31.5. The molecule has 36 heteroatoms. The lowest BCUT2D eigenvalue weighted by Crippen LogP contribution is -2.60. The van der Waals surface area contributed by atoms with E-state index in [9.17, 15) is 72.9 Å². The van der Waals surface area contributed by atoms with Gasteiger partial charge in [-0.25, -0.2) is 0 Å². The molecule has 0 bridgehead atoms. The fourth-order valence-electron chi connectivity index (χ4n) is 13.9. The van der Waals surface area contributed by atoms with Crippen LogP contribution in [-0.4, -0.2) is 272 Å². The van der Waals surface area contributed by atoms with Crippen LogP contribution in [0, 0.1) is 11.8 Å². The van der Waals surface area contributed by atoms with Crippen LogP contribution in [0.15, 0.2) is 140 Å². The Morgan fingerprint density at radius 2 is 0.967 bits per heavy atom. The van der Waals surface area contributed by atoms with Crippen LogP contribution in [-0.2, 0) is 109 Å². The van der Waals surface area contributed by atoms with Crippen LogP contribution >= 0.6 is 11.8 Å². The summed E-state index contributed by atoms with van der Waals surface area (Å²) in [4.78, 5) is 240. The summed E-state index contributed by atoms with van der Waals surface area (Å²) in [7, 11) is 6.47. The number of likely N-dealkylation sites (N-methyl/N-ethyl adjacent to an activating group) is 5. The number of H-pyrrole nitrogens is 1. The lowest BCUT2D eigenvalue weighted by atomic mass is 9.99. The number of amides is 15. The lowest BCUT2D eigenvalue weighted by Gasteiger charge is -2.37. The van der Waals surface area contributed by atoms with Crippen LogP contribution in [0.4, 0.5) is 0 Å². The Bertz CT molecular complexity index is 4710. The number of hydrogen-bond acceptors (Lipinski definition) is 19. The van der Waals surface area contributed by atoms with Crippen LogP contribution < -0.4 is 53.6 Å². The maximum atomic E-state index is 15.4. The molecular formula is C87H114N16O19S. The van der Waals surface area contributed by atoms with E-state index >= 15 is 19.2 Å². The molecule has 0 aliphatic carbocycles. The number of nitrogens with two attached hydrogens (primary N) is 1. The Morgan fingerprint density at radius 1 is 0.496 bits per heavy atom. The second kappa shape index (κ2) is 46.8. The van der Waals surface area contributed by atoms with Crippen molar-refractivity contribution in [2.75, 3.05) is 66.4 Å². The number of benzene rings is 5. The largest absolute Gasteiger partial charge is 0.508 e. The predicted molar refractivity (Wildman–Crippen MR) is 458 cm³/mol. The standard InChI is InChI=1S/C87H114N16O19S/c1-12-13-28-69-85(120)100(8)47-73(108)92-65(43-75(110)111)82(117)98-76(51(4)5)87(122)101(9)52(6)77(112)96-66(40-56-31-35-59(105)36-32-56)83(118)99(7)46-72(107)91-64(42-57-44-89-61-27-21-20-26-60(57)61)81(116)95-63(38-55-29-33-58(104)34-30-55)80(115)94-62(37-50(2)3)79(114)97-68(78(113)90-45-71(88)106)48-123-49-74(109)93-67(39-53-22-16-14-17-23-53)84(119)103(11)70(86(121)102(69)10)41-54-24-18-15-19-25-54/h14-27,29-36,44,50-52,62-70,76,89,104-105H,12-13,28,37-43,45-49H2,1-11H3,(H2,88,106)(H,90,113)(H,91,107)(H,92,108)(H,93,109)(H,94,115)(H,95,116)(H,96,112)(H,97,114)(H,98,117)(H,110,111)/t52-,62-,63-,64-,65-,66-,67-,68+,69-,70-,76-/m0/s1. The average Bonchev–Trinajstić information content (AvgIpc) is 1.80. The number of unbranched alkanes of at least 4 members (excludes halogenated alkanes) is 1. The highest BCUT2D eigenvalue weighted by Crippen LogP contribution is 2.24. The minimum atomic E-state index is -1.88. The first-order valence-electron chi connectivity index (χ1n) is 40.6. The number of nitrogens with zero attached hydrogens (tertiary/aromatic N) is 5. The van der Waals surface area contributed by atoms with Crippen molar-refractivity contribution >= 4 is 117 Å². The van der Waals surface area contributed by atoms with Gasteiger partial charge in [0.2, 0.25) is 88.6 Å². The Labute approximate surface area is 718 Å². The molecule has 123 heavy (non-hydrogen) atoms. The summed E-state index contributed by atoms with van der Waals surface area (Å²) in [6.45, 7) is 7.48. The van der Waals surface area contributed by atoms with Gasteiger partial charge in [0, 0.05) is 90.2 Å². The summed E-state index contributed by atoms with van der Waals surface area (Å²) in [5.74, 6) is -17.3. The number of rotatable bonds is 21. The van der Waals surface area contributed by atoms with Gasteiger partial charge in [-0.1, -0.05) is 151 Å². The predicted octanol–water partition coefficient (Wildman–Crippen LogP) is 1.10. The van der Waals surface area contributed by atoms with Gasteiger partial charge >= 0.3 is 5.97 Å². The number of carbonyl (C=O) groups excluding carboxylic acids is 15. The van der Waals surface area contributed by atoms with E-state index in [0.717, 1.165) is 26.5 Å². The van der Waals surface area contributed by atoms with Crippen molar-refractivity contribution < 1.29 is 92.0 Å². The smallest absolute Gasteiger partial charge is 0.305 e. The Kier molecular flexibility index (Phi) is 37.0. The van der Waals surface area contributed by atoms with Gasteiger partial charge in [0.05, 0.1) is 31.8 Å². The van der Waals surface area contributed by atoms with Gasteiger partial charge in [0.15, 0.2) is 0 Å². The third kappa shape index (κ3) is 29.5. The highest BCUT2D eigenvalue weighted by atomic mass is 32.2. The number of phenols is 2. The third-order valence-electron chi connectivity index (χ3n) is 21.0. The summed E-state index contributed by atoms with van der Waals surface area (Å²) in [5.41, 5.74) is 8.60. The molecule has 11 atom stereocenters. The molecular weight excluding hydrogens is 1610 g/mol. The molecule has 35 nitrogen and oxygen atoms in total. The number of aliphatic carboxylic acids is 1. The topological polar surface area (TPSA) is 500 Å². The molecule has 1 fully saturated rings. The number of aromatic amines is 1. The summed E-state index contributed by atoms with van der Waals surface area (Å²) in [6.07, 6.45) is 0.386. The highest BCUT2D eigenvalue weighted by Gasteiger charge is 2.42. The molecule has 1 aromatic heterocycles. The van der Waals surface area contributed by atoms with Crippen LogP contribution in [0.25, 0.3) is 10.9 Å². The molecule has 0 unspecified atom stereocenters. The third-order valence-corrected chi connectivity index (χ3v) is 22.0. The lowest BCUT2D eigenvalue weighted by molar-refractivity contribution is -0.151. The van der Waals surface area contributed by atoms with Gasteiger partial charge in [0.1, 0.15) is 78.0 Å². The summed E-state index contributed by atoms with van der Waals surface area (Å²) in [6, 6.07) is 19.0. The van der Waals surface area contributed by atoms with E-state index in [2.05, 4.69) is 52.8 Å². The number of para-hydroxylation sites is 1. The van der Waals surface area contributed by atoms with E-state index in [1.807, 2.05) is 6.92 Å². The Balaban J connectivity index is 1.30. The van der Waals surface area contributed by atoms with Gasteiger partial charge in [-0.3, -0.25) is 76.7 Å². The van der Waals surface area contributed by atoms with E-state index in [1.165, 1.54) is 100 Å². The SMILES string of the molecule is CCCC[C@H]1C(=O)N(C)CC(=O)N[C@@H](CC(=O)O)C(=O)N[C@@H](C(C)C)C(=O)N(C)[C@@H](C)C(=O)N[C@@H](Cc2ccc(O)cc2)C(=O)N(C)CC(=O)N[C@@H](Cc2c[nH]c3ccccc23)C(=O)N[C@@H](Cc2ccc(O)cc2)C(=O)N[C@@H](CC(C)C)C(=O)N[C@@H](C(=O)NCC(N)=O)CSCC(=O)N[C@@H](Cc2ccccc2)C(=O)N(C)[C@@H](Cc2ccccc2)C(=O)N1C. The number of primary amides is 1. The molecule has 1 saturated heterocycles. The van der Waals surface area contributed by atoms with Gasteiger partial charge in [-0.2, -0.15) is 0 Å². The summed E-state index contributed by atoms with van der Waals surface area (Å²) >= 11 is 0.829. The molecule has 15 amide bonds. The molecule has 5 aromatic carbocycles. The fourth-order valence-corrected chi connectivity index (χ4v) is 14.8. The number of thioether (sulfide) groups is 1. The second-order valence-corrected chi connectivity index (χ2v) is 32.6. The highest BCUT2D eigenvalue weighted by molar-refractivity contribution is 8.00. The molecule has 2 heterocycles. The average molecular weight is 1720 g/mol. The van der Waals surface area contributed by atoms with E-state index in [1.54, 1.807) is 119 Å². The van der Waals surface area contributed by atoms with Crippen molar-refractivity contribution in [3.05, 3.63) is 167 Å². The van der Waals surface area contributed by atoms with Crippen molar-refractivity contribution in [3.63, 3.8) is 0 Å². The maximum absolute atomic E-state index is 15.4. The van der Waals surface area contributed by atoms with Gasteiger partial charge < -0.3 is 98.4 Å². The Hall–Kier alpha value is -12.9. The molecule has 0 saturated carbocycles. The first kappa shape index (κ1) is 97.2. The number of phenolic OH excluding ortho intramolecular Hbond substituents is 2. The zero-order chi connectivity index (χ0) is 90.5. The molecule has 662 valence electrons. The number of fused-ring (bicyclic) bond motifs is 1. The van der Waals surface area contributed by atoms with Gasteiger partial charge in [0.25, 0.3) is 0 Å². The van der Waals surface area contributed by atoms with E-state index in [-0.39, 0.29) is 68.1 Å². The summed E-state index contributed by atoms with van der Waals surface area (Å²) in [5, 5.41) is 55.0. The minimum Gasteiger partial charge on any atom is -0.508 e. The van der Waals surface area contributed by atoms with Crippen molar-refractivity contribution in [2.45, 2.75) is 172 Å². The number of aromatic nitrogens is 1. The van der Waals surface area contributed by atoms with Crippen molar-refractivity contribution in [1.82, 2.24) is 77.3 Å². The van der Waals surface area contributed by atoms with Gasteiger partial charge in [-0.05, 0) is 89.8 Å². The van der Waals surface area contributed by atoms with E-state index < -0.39 is 199 Å². The quantitative estimate of drug-likeness (QED) is 0.0480. The molecule has 15 N–H and O–H groups in total. The molecule has 1 aliphatic rings. The van der Waals surface area contributed by atoms with Crippen LogP contribution in [0.2, 0.25) is 0 Å². The number of nitrogens with one attached hydrogen (secondary N) is 10. The van der Waals surface area contributed by atoms with Crippen molar-refractivity contribution in [3.8, 4) is 11.5 Å². The Morgan fingerprint density at radius 3 is 1.52 bits per heavy atom. The van der Waals surface area contributed by atoms with E-state index in [0.29, 0.717) is 51.6 Å². The number of hydrogen-bond donors (Lipinski definition) is 14. The van der Waals surface area contributed by atoms with Crippen molar-refractivity contribution in [1.29, 1.82) is 0 Å². The number of aromatic hydroxyl groups is 2. The molecule has 6 aromatic rings. The fraction of sp³-hybridized carbons (Fsp3) is 0.448. The first-order valence-corrected chi connectivity index (χ1v) is 41.7. The zero-order valence-corrected chi connectivity index (χ0v) is 71.8. The number of carboxylic acid groups (broad SMARTS) is 1. The van der Waals surface area contributed by atoms with Gasteiger partial charge in [-0.15, -0.1) is 11.8 Å².